The molecule has 0 bridgehead atoms. The van der Waals surface area contributed by atoms with Crippen LogP contribution in [0, 0.1) is 0 Å². The number of Topliss-reactive ketones (excluding diaryl/α,β-unsaturated/α-hetero) is 2. The van der Waals surface area contributed by atoms with E-state index in [0.29, 0.717) is 28.7 Å². The molecule has 0 saturated heterocycles. The third kappa shape index (κ3) is 1.47. The van der Waals surface area contributed by atoms with Crippen LogP contribution in [0.15, 0.2) is 35.4 Å². The first-order valence-electron chi connectivity index (χ1n) is 6.16. The Balaban J connectivity index is 2.20. The van der Waals surface area contributed by atoms with Crippen LogP contribution < -0.4 is 0 Å². The fourth-order valence-electron chi connectivity index (χ4n) is 2.83. The Morgan fingerprint density at radius 1 is 1.06 bits per heavy atom. The number of ether oxygens (including phenoxy) is 1. The van der Waals surface area contributed by atoms with Crippen molar-refractivity contribution in [2.24, 2.45) is 0 Å². The zero-order chi connectivity index (χ0) is 12.9. The van der Waals surface area contributed by atoms with Crippen LogP contribution in [0.5, 0.6) is 0 Å². The Labute approximate surface area is 105 Å². The summed E-state index contributed by atoms with van der Waals surface area (Å²) in [7, 11) is 0. The number of hydrogen-bond donors (Lipinski definition) is 0. The smallest absolute Gasteiger partial charge is 0.192 e. The fraction of sp³-hybridized carbons (Fsp3) is 0.333. The lowest BCUT2D eigenvalue weighted by molar-refractivity contribution is 0.0149. The number of ketones is 2. The molecule has 0 aromatic heterocycles. The maximum Gasteiger partial charge on any atom is 0.192 e. The van der Waals surface area contributed by atoms with E-state index in [1.54, 1.807) is 24.3 Å². The number of hydrogen-bond acceptors (Lipinski definition) is 3. The number of carbonyl (C=O) groups is 2. The third-order valence-electron chi connectivity index (χ3n) is 3.59. The van der Waals surface area contributed by atoms with Gasteiger partial charge in [-0.15, -0.1) is 0 Å². The maximum absolute atomic E-state index is 12.4. The first kappa shape index (κ1) is 11.4. The average Bonchev–Trinajstić information content (AvgIpc) is 2.35. The van der Waals surface area contributed by atoms with Crippen LogP contribution in [0.1, 0.15) is 41.0 Å². The van der Waals surface area contributed by atoms with Gasteiger partial charge in [0.05, 0.1) is 12.2 Å². The molecule has 0 unspecified atom stereocenters. The van der Waals surface area contributed by atoms with Gasteiger partial charge in [-0.1, -0.05) is 24.3 Å². The summed E-state index contributed by atoms with van der Waals surface area (Å²) in [6, 6.07) is 7.02. The second-order valence-electron chi connectivity index (χ2n) is 4.89. The molecule has 92 valence electrons. The molecule has 3 heteroatoms. The van der Waals surface area contributed by atoms with Gasteiger partial charge in [0.15, 0.2) is 11.6 Å². The summed E-state index contributed by atoms with van der Waals surface area (Å²) in [5.74, 6) is -0.0678. The summed E-state index contributed by atoms with van der Waals surface area (Å²) in [6.07, 6.45) is 0.216. The van der Waals surface area contributed by atoms with E-state index in [1.165, 1.54) is 0 Å². The zero-order valence-electron chi connectivity index (χ0n) is 10.4. The van der Waals surface area contributed by atoms with Gasteiger partial charge in [-0.25, -0.2) is 0 Å². The van der Waals surface area contributed by atoms with E-state index >= 15 is 0 Å². The molecule has 1 aliphatic carbocycles. The van der Waals surface area contributed by atoms with Crippen LogP contribution in [0.25, 0.3) is 0 Å². The van der Waals surface area contributed by atoms with E-state index in [-0.39, 0.29) is 23.8 Å². The summed E-state index contributed by atoms with van der Waals surface area (Å²) in [5, 5.41) is 0. The van der Waals surface area contributed by atoms with Crippen molar-refractivity contribution in [3.63, 3.8) is 0 Å². The molecule has 3 rings (SSSR count). The highest BCUT2D eigenvalue weighted by Gasteiger charge is 2.38. The van der Waals surface area contributed by atoms with Gasteiger partial charge >= 0.3 is 0 Å². The van der Waals surface area contributed by atoms with Gasteiger partial charge in [0, 0.05) is 28.7 Å². The van der Waals surface area contributed by atoms with Gasteiger partial charge in [-0.05, 0) is 13.8 Å². The van der Waals surface area contributed by atoms with Crippen molar-refractivity contribution in [3.8, 4) is 0 Å². The highest BCUT2D eigenvalue weighted by atomic mass is 16.5. The molecule has 1 aliphatic heterocycles. The topological polar surface area (TPSA) is 43.4 Å². The highest BCUT2D eigenvalue weighted by molar-refractivity contribution is 6.27. The van der Waals surface area contributed by atoms with E-state index in [4.69, 9.17) is 4.74 Å². The molecule has 1 aromatic carbocycles. The van der Waals surface area contributed by atoms with E-state index < -0.39 is 0 Å². The SMILES string of the molecule is C[C@@H]1O[C@@H](C)CC2=C1C(=O)c1ccccc1C2=O. The summed E-state index contributed by atoms with van der Waals surface area (Å²) >= 11 is 0. The Morgan fingerprint density at radius 2 is 1.67 bits per heavy atom. The minimum Gasteiger partial charge on any atom is -0.370 e. The van der Waals surface area contributed by atoms with Crippen molar-refractivity contribution >= 4 is 11.6 Å². The lowest BCUT2D eigenvalue weighted by atomic mass is 9.79. The minimum absolute atomic E-state index is 0.0119. The second kappa shape index (κ2) is 3.89. The van der Waals surface area contributed by atoms with Crippen molar-refractivity contribution in [1.29, 1.82) is 0 Å². The van der Waals surface area contributed by atoms with Gasteiger partial charge in [0.1, 0.15) is 0 Å². The number of fused-ring (bicyclic) bond motifs is 1. The lowest BCUT2D eigenvalue weighted by Gasteiger charge is -2.32. The average molecular weight is 242 g/mol. The molecule has 0 N–H and O–H groups in total. The highest BCUT2D eigenvalue weighted by Crippen LogP contribution is 2.35. The van der Waals surface area contributed by atoms with E-state index in [9.17, 15) is 9.59 Å². The lowest BCUT2D eigenvalue weighted by Crippen LogP contribution is -2.36. The predicted molar refractivity (Wildman–Crippen MR) is 66.8 cm³/mol. The molecule has 3 nitrogen and oxygen atoms in total. The first-order valence-corrected chi connectivity index (χ1v) is 6.16. The van der Waals surface area contributed by atoms with Crippen LogP contribution in [-0.4, -0.2) is 23.8 Å². The Bertz CT molecular complexity index is 583. The van der Waals surface area contributed by atoms with Crippen LogP contribution in [0.4, 0.5) is 0 Å². The van der Waals surface area contributed by atoms with Crippen molar-refractivity contribution < 1.29 is 14.3 Å². The molecule has 0 radical (unpaired) electrons. The van der Waals surface area contributed by atoms with E-state index in [1.807, 2.05) is 13.8 Å². The zero-order valence-corrected chi connectivity index (χ0v) is 10.4. The molecule has 0 fully saturated rings. The molecular weight excluding hydrogens is 228 g/mol. The van der Waals surface area contributed by atoms with Crippen molar-refractivity contribution in [3.05, 3.63) is 46.5 Å². The molecule has 1 heterocycles. The molecule has 0 amide bonds. The second-order valence-corrected chi connectivity index (χ2v) is 4.89. The van der Waals surface area contributed by atoms with Crippen molar-refractivity contribution in [2.45, 2.75) is 32.5 Å². The van der Waals surface area contributed by atoms with Crippen LogP contribution >= 0.6 is 0 Å². The normalized spacial score (nSPS) is 27.0. The molecule has 0 spiro atoms. The molecular formula is C15H14O3. The van der Waals surface area contributed by atoms with Crippen LogP contribution in [0.3, 0.4) is 0 Å². The van der Waals surface area contributed by atoms with Gasteiger partial charge in [-0.3, -0.25) is 9.59 Å². The minimum atomic E-state index is -0.298. The Morgan fingerprint density at radius 3 is 2.33 bits per heavy atom. The van der Waals surface area contributed by atoms with Crippen LogP contribution in [0.2, 0.25) is 0 Å². The number of benzene rings is 1. The van der Waals surface area contributed by atoms with Gasteiger partial charge in [-0.2, -0.15) is 0 Å². The summed E-state index contributed by atoms with van der Waals surface area (Å²) in [6.45, 7) is 3.77. The van der Waals surface area contributed by atoms with Gasteiger partial charge in [0.2, 0.25) is 0 Å². The fourth-order valence-corrected chi connectivity index (χ4v) is 2.83. The monoisotopic (exact) mass is 242 g/mol. The van der Waals surface area contributed by atoms with Crippen molar-refractivity contribution in [2.75, 3.05) is 0 Å². The molecule has 2 aliphatic rings. The third-order valence-corrected chi connectivity index (χ3v) is 3.59. The largest absolute Gasteiger partial charge is 0.370 e. The Kier molecular flexibility index (Phi) is 2.45. The van der Waals surface area contributed by atoms with Crippen molar-refractivity contribution in [1.82, 2.24) is 0 Å². The molecule has 1 aromatic rings. The standard InChI is InChI=1S/C15H14O3/c1-8-7-12-13(9(2)18-8)15(17)11-6-4-3-5-10(11)14(12)16/h3-6,8-9H,7H2,1-2H3/t8-,9-/m0/s1. The quantitative estimate of drug-likeness (QED) is 0.702. The van der Waals surface area contributed by atoms with Gasteiger partial charge < -0.3 is 4.74 Å². The summed E-state index contributed by atoms with van der Waals surface area (Å²) in [4.78, 5) is 24.8. The molecule has 2 atom stereocenters. The van der Waals surface area contributed by atoms with Crippen LogP contribution in [-0.2, 0) is 4.74 Å². The molecule has 0 saturated carbocycles. The van der Waals surface area contributed by atoms with Gasteiger partial charge in [0.25, 0.3) is 0 Å². The maximum atomic E-state index is 12.4. The Hall–Kier alpha value is -1.74. The first-order chi connectivity index (χ1) is 8.59. The summed E-state index contributed by atoms with van der Waals surface area (Å²) < 4.78 is 5.66. The van der Waals surface area contributed by atoms with E-state index in [2.05, 4.69) is 0 Å². The summed E-state index contributed by atoms with van der Waals surface area (Å²) in [5.41, 5.74) is 2.23. The number of rotatable bonds is 0. The predicted octanol–water partition coefficient (Wildman–Crippen LogP) is 2.56. The molecule has 18 heavy (non-hydrogen) atoms. The van der Waals surface area contributed by atoms with E-state index in [0.717, 1.165) is 0 Å². The number of carbonyl (C=O) groups excluding carboxylic acids is 2.